The number of rotatable bonds is 6. The zero-order valence-electron chi connectivity index (χ0n) is 12.4. The predicted octanol–water partition coefficient (Wildman–Crippen LogP) is 0.881. The molecule has 0 aliphatic heterocycles. The van der Waals surface area contributed by atoms with Gasteiger partial charge in [0, 0.05) is 0 Å². The molecule has 6 nitrogen and oxygen atoms in total. The first kappa shape index (κ1) is 16.8. The Balaban J connectivity index is 2.69. The van der Waals surface area contributed by atoms with Crippen molar-refractivity contribution in [1.29, 1.82) is 0 Å². The number of primary amides is 1. The number of nitrogens with one attached hydrogen (secondary N) is 2. The van der Waals surface area contributed by atoms with E-state index in [0.717, 1.165) is 32.1 Å². The van der Waals surface area contributed by atoms with Crippen molar-refractivity contribution in [3.63, 3.8) is 0 Å². The third-order valence-electron chi connectivity index (χ3n) is 3.84. The van der Waals surface area contributed by atoms with Crippen molar-refractivity contribution in [1.82, 2.24) is 10.6 Å². The lowest BCUT2D eigenvalue weighted by atomic mass is 9.82. The minimum Gasteiger partial charge on any atom is -0.394 e. The molecule has 1 fully saturated rings. The first-order valence-electron chi connectivity index (χ1n) is 7.37. The monoisotopic (exact) mass is 285 g/mol. The van der Waals surface area contributed by atoms with E-state index in [-0.39, 0.29) is 18.4 Å². The van der Waals surface area contributed by atoms with Crippen LogP contribution in [0.15, 0.2) is 0 Å². The van der Waals surface area contributed by atoms with E-state index >= 15 is 0 Å². The molecule has 1 aliphatic carbocycles. The van der Waals surface area contributed by atoms with Gasteiger partial charge in [-0.3, -0.25) is 4.79 Å². The SMILES string of the molecule is CC(C)CC(NC(N)=O)C(=O)NC1(CO)CCCCC1. The summed E-state index contributed by atoms with van der Waals surface area (Å²) in [6.45, 7) is 3.89. The number of urea groups is 1. The van der Waals surface area contributed by atoms with Crippen molar-refractivity contribution < 1.29 is 14.7 Å². The average molecular weight is 285 g/mol. The second-order valence-corrected chi connectivity index (χ2v) is 6.18. The summed E-state index contributed by atoms with van der Waals surface area (Å²) in [6.07, 6.45) is 5.21. The molecule has 0 bridgehead atoms. The summed E-state index contributed by atoms with van der Waals surface area (Å²) in [6, 6.07) is -1.34. The Morgan fingerprint density at radius 3 is 2.30 bits per heavy atom. The maximum Gasteiger partial charge on any atom is 0.312 e. The Kier molecular flexibility index (Phi) is 6.26. The minimum absolute atomic E-state index is 0.0658. The molecule has 0 heterocycles. The van der Waals surface area contributed by atoms with Crippen LogP contribution in [0.25, 0.3) is 0 Å². The van der Waals surface area contributed by atoms with Crippen LogP contribution < -0.4 is 16.4 Å². The van der Waals surface area contributed by atoms with Gasteiger partial charge in [-0.05, 0) is 25.2 Å². The van der Waals surface area contributed by atoms with Gasteiger partial charge in [0.2, 0.25) is 5.91 Å². The number of aliphatic hydroxyl groups excluding tert-OH is 1. The molecule has 116 valence electrons. The van der Waals surface area contributed by atoms with Gasteiger partial charge in [0.05, 0.1) is 12.1 Å². The summed E-state index contributed by atoms with van der Waals surface area (Å²) in [5, 5.41) is 15.0. The predicted molar refractivity (Wildman–Crippen MR) is 77.0 cm³/mol. The quantitative estimate of drug-likeness (QED) is 0.582. The third-order valence-corrected chi connectivity index (χ3v) is 3.84. The first-order chi connectivity index (χ1) is 9.38. The van der Waals surface area contributed by atoms with Gasteiger partial charge < -0.3 is 21.5 Å². The molecule has 5 N–H and O–H groups in total. The van der Waals surface area contributed by atoms with E-state index in [1.54, 1.807) is 0 Å². The summed E-state index contributed by atoms with van der Waals surface area (Å²) in [7, 11) is 0. The molecule has 20 heavy (non-hydrogen) atoms. The van der Waals surface area contributed by atoms with E-state index < -0.39 is 17.6 Å². The second kappa shape index (κ2) is 7.47. The highest BCUT2D eigenvalue weighted by molar-refractivity contribution is 5.87. The fraction of sp³-hybridized carbons (Fsp3) is 0.857. The molecule has 0 aromatic carbocycles. The maximum absolute atomic E-state index is 12.4. The van der Waals surface area contributed by atoms with Crippen LogP contribution in [0.2, 0.25) is 0 Å². The highest BCUT2D eigenvalue weighted by atomic mass is 16.3. The van der Waals surface area contributed by atoms with Gasteiger partial charge in [-0.1, -0.05) is 33.1 Å². The van der Waals surface area contributed by atoms with E-state index in [2.05, 4.69) is 10.6 Å². The van der Waals surface area contributed by atoms with Gasteiger partial charge in [-0.15, -0.1) is 0 Å². The summed E-state index contributed by atoms with van der Waals surface area (Å²) >= 11 is 0. The number of carbonyl (C=O) groups excluding carboxylic acids is 2. The van der Waals surface area contributed by atoms with E-state index in [1.807, 2.05) is 13.8 Å². The molecule has 0 spiro atoms. The lowest BCUT2D eigenvalue weighted by molar-refractivity contribution is -0.126. The van der Waals surface area contributed by atoms with E-state index in [4.69, 9.17) is 5.73 Å². The largest absolute Gasteiger partial charge is 0.394 e. The summed E-state index contributed by atoms with van der Waals surface area (Å²) in [5.74, 6) is 0.00230. The number of hydrogen-bond donors (Lipinski definition) is 4. The van der Waals surface area contributed by atoms with Crippen molar-refractivity contribution in [2.45, 2.75) is 64.0 Å². The Bertz CT molecular complexity index is 339. The molecular weight excluding hydrogens is 258 g/mol. The fourth-order valence-electron chi connectivity index (χ4n) is 2.77. The molecule has 0 aromatic heterocycles. The second-order valence-electron chi connectivity index (χ2n) is 6.18. The van der Waals surface area contributed by atoms with Crippen LogP contribution in [0.1, 0.15) is 52.4 Å². The van der Waals surface area contributed by atoms with Crippen LogP contribution in [0.5, 0.6) is 0 Å². The number of amides is 3. The van der Waals surface area contributed by atoms with Gasteiger partial charge in [0.15, 0.2) is 0 Å². The van der Waals surface area contributed by atoms with Crippen LogP contribution in [-0.2, 0) is 4.79 Å². The number of carbonyl (C=O) groups is 2. The van der Waals surface area contributed by atoms with Crippen molar-refractivity contribution in [3.8, 4) is 0 Å². The number of aliphatic hydroxyl groups is 1. The Morgan fingerprint density at radius 2 is 1.85 bits per heavy atom. The van der Waals surface area contributed by atoms with Gasteiger partial charge >= 0.3 is 6.03 Å². The normalized spacial score (nSPS) is 19.4. The minimum atomic E-state index is -0.701. The molecule has 1 saturated carbocycles. The lowest BCUT2D eigenvalue weighted by Crippen LogP contribution is -2.58. The van der Waals surface area contributed by atoms with E-state index in [1.165, 1.54) is 0 Å². The van der Waals surface area contributed by atoms with Crippen LogP contribution in [0.3, 0.4) is 0 Å². The summed E-state index contributed by atoms with van der Waals surface area (Å²) in [4.78, 5) is 23.4. The topological polar surface area (TPSA) is 104 Å². The maximum atomic E-state index is 12.4. The molecule has 0 saturated heterocycles. The van der Waals surface area contributed by atoms with Gasteiger partial charge in [-0.2, -0.15) is 0 Å². The van der Waals surface area contributed by atoms with Crippen molar-refractivity contribution >= 4 is 11.9 Å². The highest BCUT2D eigenvalue weighted by Gasteiger charge is 2.35. The summed E-state index contributed by atoms with van der Waals surface area (Å²) < 4.78 is 0. The zero-order chi connectivity index (χ0) is 15.2. The van der Waals surface area contributed by atoms with E-state index in [9.17, 15) is 14.7 Å². The molecular formula is C14H27N3O3. The summed E-state index contributed by atoms with van der Waals surface area (Å²) in [5.41, 5.74) is 4.59. The van der Waals surface area contributed by atoms with Crippen LogP contribution in [0.4, 0.5) is 4.79 Å². The van der Waals surface area contributed by atoms with Gasteiger partial charge in [0.25, 0.3) is 0 Å². The number of hydrogen-bond acceptors (Lipinski definition) is 3. The van der Waals surface area contributed by atoms with Crippen LogP contribution >= 0.6 is 0 Å². The third kappa shape index (κ3) is 5.00. The van der Waals surface area contributed by atoms with Crippen molar-refractivity contribution in [2.24, 2.45) is 11.7 Å². The standard InChI is InChI=1S/C14H27N3O3/c1-10(2)8-11(16-13(15)20)12(19)17-14(9-18)6-4-3-5-7-14/h10-11,18H,3-9H2,1-2H3,(H,17,19)(H3,15,16,20). The smallest absolute Gasteiger partial charge is 0.312 e. The lowest BCUT2D eigenvalue weighted by Gasteiger charge is -2.37. The highest BCUT2D eigenvalue weighted by Crippen LogP contribution is 2.28. The molecule has 6 heteroatoms. The van der Waals surface area contributed by atoms with Crippen LogP contribution in [-0.4, -0.2) is 35.2 Å². The fourth-order valence-corrected chi connectivity index (χ4v) is 2.77. The molecule has 1 unspecified atom stereocenters. The molecule has 0 aromatic rings. The van der Waals surface area contributed by atoms with Gasteiger partial charge in [0.1, 0.15) is 6.04 Å². The van der Waals surface area contributed by atoms with Crippen LogP contribution in [0, 0.1) is 5.92 Å². The Morgan fingerprint density at radius 1 is 1.25 bits per heavy atom. The first-order valence-corrected chi connectivity index (χ1v) is 7.37. The van der Waals surface area contributed by atoms with Gasteiger partial charge in [-0.25, -0.2) is 4.79 Å². The van der Waals surface area contributed by atoms with Crippen molar-refractivity contribution in [2.75, 3.05) is 6.61 Å². The molecule has 0 radical (unpaired) electrons. The molecule has 3 amide bonds. The molecule has 1 rings (SSSR count). The molecule has 1 atom stereocenters. The average Bonchev–Trinajstić information content (AvgIpc) is 2.38. The number of nitrogens with two attached hydrogens (primary N) is 1. The van der Waals surface area contributed by atoms with E-state index in [0.29, 0.717) is 6.42 Å². The van der Waals surface area contributed by atoms with Crippen molar-refractivity contribution in [3.05, 3.63) is 0 Å². The molecule has 1 aliphatic rings. The zero-order valence-corrected chi connectivity index (χ0v) is 12.4. The Labute approximate surface area is 120 Å². The Hall–Kier alpha value is -1.30.